The Bertz CT molecular complexity index is 433. The second kappa shape index (κ2) is 3.85. The molecule has 0 aliphatic carbocycles. The van der Waals surface area contributed by atoms with Gasteiger partial charge < -0.3 is 5.32 Å². The third kappa shape index (κ3) is 2.05. The zero-order valence-corrected chi connectivity index (χ0v) is 9.02. The lowest BCUT2D eigenvalue weighted by Gasteiger charge is -2.24. The zero-order valence-electron chi connectivity index (χ0n) is 9.02. The molecule has 1 atom stereocenters. The molecule has 2 rings (SSSR count). The van der Waals surface area contributed by atoms with Gasteiger partial charge in [-0.05, 0) is 31.4 Å². The molecular formula is C12H13F2NO. The number of rotatable bonds is 2. The van der Waals surface area contributed by atoms with Crippen LogP contribution in [0.3, 0.4) is 0 Å². The van der Waals surface area contributed by atoms with Crippen molar-refractivity contribution in [3.05, 3.63) is 35.4 Å². The molecular weight excluding hydrogens is 212 g/mol. The van der Waals surface area contributed by atoms with Crippen molar-refractivity contribution in [2.75, 3.05) is 0 Å². The number of amides is 1. The Labute approximate surface area is 92.7 Å². The van der Waals surface area contributed by atoms with Crippen molar-refractivity contribution in [1.82, 2.24) is 5.32 Å². The van der Waals surface area contributed by atoms with E-state index in [4.69, 9.17) is 0 Å². The van der Waals surface area contributed by atoms with Crippen molar-refractivity contribution >= 4 is 5.91 Å². The van der Waals surface area contributed by atoms with Crippen molar-refractivity contribution < 1.29 is 13.6 Å². The lowest BCUT2D eigenvalue weighted by molar-refractivity contribution is -0.119. The molecule has 1 aromatic carbocycles. The summed E-state index contributed by atoms with van der Waals surface area (Å²) in [6.07, 6.45) is 1.43. The first kappa shape index (κ1) is 11.0. The van der Waals surface area contributed by atoms with E-state index in [2.05, 4.69) is 5.32 Å². The average Bonchev–Trinajstić information content (AvgIpc) is 2.54. The molecule has 1 N–H and O–H groups in total. The molecule has 0 radical (unpaired) electrons. The van der Waals surface area contributed by atoms with E-state index in [0.29, 0.717) is 24.8 Å². The van der Waals surface area contributed by atoms with E-state index in [1.807, 2.05) is 6.92 Å². The smallest absolute Gasteiger partial charge is 0.220 e. The van der Waals surface area contributed by atoms with Crippen molar-refractivity contribution in [1.29, 1.82) is 0 Å². The molecule has 1 aliphatic heterocycles. The Morgan fingerprint density at radius 3 is 2.81 bits per heavy atom. The van der Waals surface area contributed by atoms with Gasteiger partial charge in [0.15, 0.2) is 11.6 Å². The molecule has 2 nitrogen and oxygen atoms in total. The van der Waals surface area contributed by atoms with Gasteiger partial charge in [0.1, 0.15) is 0 Å². The molecule has 1 aliphatic rings. The Kier molecular flexibility index (Phi) is 2.66. The topological polar surface area (TPSA) is 29.1 Å². The fourth-order valence-electron chi connectivity index (χ4n) is 2.09. The fourth-order valence-corrected chi connectivity index (χ4v) is 2.09. The normalized spacial score (nSPS) is 24.6. The van der Waals surface area contributed by atoms with Crippen LogP contribution in [0.25, 0.3) is 0 Å². The molecule has 4 heteroatoms. The van der Waals surface area contributed by atoms with Gasteiger partial charge in [-0.1, -0.05) is 12.1 Å². The molecule has 1 heterocycles. The SMILES string of the molecule is CC1(Cc2cccc(F)c2F)CCC(=O)N1. The van der Waals surface area contributed by atoms with E-state index in [1.54, 1.807) is 6.07 Å². The van der Waals surface area contributed by atoms with Crippen molar-refractivity contribution in [2.24, 2.45) is 0 Å². The average molecular weight is 225 g/mol. The van der Waals surface area contributed by atoms with Gasteiger partial charge in [-0.25, -0.2) is 8.78 Å². The van der Waals surface area contributed by atoms with Gasteiger partial charge in [0.2, 0.25) is 5.91 Å². The van der Waals surface area contributed by atoms with Crippen LogP contribution < -0.4 is 5.32 Å². The van der Waals surface area contributed by atoms with Gasteiger partial charge in [-0.2, -0.15) is 0 Å². The number of carbonyl (C=O) groups is 1. The minimum absolute atomic E-state index is 0.0284. The summed E-state index contributed by atoms with van der Waals surface area (Å²) in [5.41, 5.74) is -0.143. The summed E-state index contributed by atoms with van der Waals surface area (Å²) in [6, 6.07) is 4.12. The highest BCUT2D eigenvalue weighted by molar-refractivity contribution is 5.79. The third-order valence-electron chi connectivity index (χ3n) is 2.96. The van der Waals surface area contributed by atoms with Crippen molar-refractivity contribution in [3.63, 3.8) is 0 Å². The van der Waals surface area contributed by atoms with Crippen LogP contribution in [0.5, 0.6) is 0 Å². The first-order valence-corrected chi connectivity index (χ1v) is 5.24. The van der Waals surface area contributed by atoms with Gasteiger partial charge in [-0.15, -0.1) is 0 Å². The molecule has 1 fully saturated rings. The monoisotopic (exact) mass is 225 g/mol. The van der Waals surface area contributed by atoms with Crippen LogP contribution in [0, 0.1) is 11.6 Å². The van der Waals surface area contributed by atoms with E-state index in [9.17, 15) is 13.6 Å². The maximum atomic E-state index is 13.4. The summed E-state index contributed by atoms with van der Waals surface area (Å²) < 4.78 is 26.4. The predicted octanol–water partition coefficient (Wildman–Crippen LogP) is 2.18. The Balaban J connectivity index is 2.21. The third-order valence-corrected chi connectivity index (χ3v) is 2.96. The molecule has 1 unspecified atom stereocenters. The van der Waals surface area contributed by atoms with Crippen LogP contribution >= 0.6 is 0 Å². The number of halogens is 2. The minimum Gasteiger partial charge on any atom is -0.351 e. The van der Waals surface area contributed by atoms with Crippen LogP contribution in [0.2, 0.25) is 0 Å². The highest BCUT2D eigenvalue weighted by atomic mass is 19.2. The number of carbonyl (C=O) groups excluding carboxylic acids is 1. The number of hydrogen-bond acceptors (Lipinski definition) is 1. The molecule has 0 saturated carbocycles. The summed E-state index contributed by atoms with van der Waals surface area (Å²) >= 11 is 0. The van der Waals surface area contributed by atoms with E-state index in [0.717, 1.165) is 6.07 Å². The van der Waals surface area contributed by atoms with E-state index < -0.39 is 17.2 Å². The molecule has 0 bridgehead atoms. The maximum Gasteiger partial charge on any atom is 0.220 e. The number of hydrogen-bond donors (Lipinski definition) is 1. The summed E-state index contributed by atoms with van der Waals surface area (Å²) in [5.74, 6) is -1.69. The summed E-state index contributed by atoms with van der Waals surface area (Å²) in [6.45, 7) is 1.85. The van der Waals surface area contributed by atoms with Crippen LogP contribution in [0.15, 0.2) is 18.2 Å². The standard InChI is InChI=1S/C12H13F2NO/c1-12(6-5-10(16)15-12)7-8-3-2-4-9(13)11(8)14/h2-4H,5-7H2,1H3,(H,15,16). The molecule has 1 aromatic rings. The first-order valence-electron chi connectivity index (χ1n) is 5.24. The van der Waals surface area contributed by atoms with Gasteiger partial charge >= 0.3 is 0 Å². The van der Waals surface area contributed by atoms with Gasteiger partial charge in [0.25, 0.3) is 0 Å². The Hall–Kier alpha value is -1.45. The number of nitrogens with one attached hydrogen (secondary N) is 1. The molecule has 1 amide bonds. The van der Waals surface area contributed by atoms with Crippen LogP contribution in [-0.2, 0) is 11.2 Å². The summed E-state index contributed by atoms with van der Waals surface area (Å²) in [5, 5.41) is 2.80. The Morgan fingerprint density at radius 2 is 2.19 bits per heavy atom. The quantitative estimate of drug-likeness (QED) is 0.821. The zero-order chi connectivity index (χ0) is 11.8. The van der Waals surface area contributed by atoms with E-state index in [1.165, 1.54) is 6.07 Å². The van der Waals surface area contributed by atoms with Crippen molar-refractivity contribution in [2.45, 2.75) is 31.7 Å². The molecule has 1 saturated heterocycles. The predicted molar refractivity (Wildman–Crippen MR) is 55.8 cm³/mol. The lowest BCUT2D eigenvalue weighted by atomic mass is 9.91. The van der Waals surface area contributed by atoms with Crippen LogP contribution in [-0.4, -0.2) is 11.4 Å². The molecule has 16 heavy (non-hydrogen) atoms. The highest BCUT2D eigenvalue weighted by Crippen LogP contribution is 2.25. The maximum absolute atomic E-state index is 13.4. The highest BCUT2D eigenvalue weighted by Gasteiger charge is 2.33. The fraction of sp³-hybridized carbons (Fsp3) is 0.417. The van der Waals surface area contributed by atoms with Crippen LogP contribution in [0.4, 0.5) is 8.78 Å². The van der Waals surface area contributed by atoms with E-state index >= 15 is 0 Å². The largest absolute Gasteiger partial charge is 0.351 e. The van der Waals surface area contributed by atoms with Crippen LogP contribution in [0.1, 0.15) is 25.3 Å². The molecule has 86 valence electrons. The Morgan fingerprint density at radius 1 is 1.44 bits per heavy atom. The van der Waals surface area contributed by atoms with Crippen molar-refractivity contribution in [3.8, 4) is 0 Å². The van der Waals surface area contributed by atoms with Gasteiger partial charge in [0.05, 0.1) is 0 Å². The second-order valence-electron chi connectivity index (χ2n) is 4.50. The second-order valence-corrected chi connectivity index (χ2v) is 4.50. The molecule has 0 aromatic heterocycles. The van der Waals surface area contributed by atoms with Gasteiger partial charge in [-0.3, -0.25) is 4.79 Å². The minimum atomic E-state index is -0.842. The first-order chi connectivity index (χ1) is 7.50. The lowest BCUT2D eigenvalue weighted by Crippen LogP contribution is -2.40. The summed E-state index contributed by atoms with van der Waals surface area (Å²) in [7, 11) is 0. The number of benzene rings is 1. The van der Waals surface area contributed by atoms with Gasteiger partial charge in [0, 0.05) is 12.0 Å². The van der Waals surface area contributed by atoms with E-state index in [-0.39, 0.29) is 5.91 Å². The summed E-state index contributed by atoms with van der Waals surface area (Å²) in [4.78, 5) is 11.1. The molecule has 0 spiro atoms.